The number of aliphatic carboxylic acids is 1. The number of aromatic nitrogens is 3. The van der Waals surface area contributed by atoms with Crippen LogP contribution in [-0.2, 0) is 10.2 Å². The number of imidazole rings is 1. The Hall–Kier alpha value is -2.90. The second kappa shape index (κ2) is 8.95. The topological polar surface area (TPSA) is 108 Å². The number of pyridine rings is 1. The number of carbonyl (C=O) groups is 1. The number of nitrogens with zero attached hydrogens (tertiary/aromatic N) is 2. The summed E-state index contributed by atoms with van der Waals surface area (Å²) in [6.07, 6.45) is 7.02. The molecule has 2 saturated carbocycles. The highest BCUT2D eigenvalue weighted by Gasteiger charge is 2.43. The minimum Gasteiger partial charge on any atom is -0.481 e. The Kier molecular flexibility index (Phi) is 6.09. The third-order valence-electron chi connectivity index (χ3n) is 7.87. The lowest BCUT2D eigenvalue weighted by Gasteiger charge is -2.34. The number of aliphatic hydroxyl groups excluding tert-OH is 1. The van der Waals surface area contributed by atoms with Gasteiger partial charge in [-0.15, -0.1) is 0 Å². The first-order valence-corrected chi connectivity index (χ1v) is 12.5. The van der Waals surface area contributed by atoms with Crippen LogP contribution >= 0.6 is 11.6 Å². The summed E-state index contributed by atoms with van der Waals surface area (Å²) in [5.74, 6) is -0.590. The number of benzene rings is 1. The molecule has 0 atom stereocenters. The SMILES string of the molecule is CC(C)(C(=O)O)C1CCC(=COc2nc3nc(-c4ccc(C5(CO)CC5)cc4)c(Cl)cc3[nH]2)CC1. The molecular formula is C27H30ClN3O4. The van der Waals surface area contributed by atoms with E-state index in [-0.39, 0.29) is 17.9 Å². The number of fused-ring (bicyclic) bond motifs is 1. The second-order valence-corrected chi connectivity index (χ2v) is 10.8. The van der Waals surface area contributed by atoms with Crippen molar-refractivity contribution in [2.45, 2.75) is 57.8 Å². The van der Waals surface area contributed by atoms with Crippen molar-refractivity contribution in [1.82, 2.24) is 15.0 Å². The fraction of sp³-hybridized carbons (Fsp3) is 0.444. The highest BCUT2D eigenvalue weighted by atomic mass is 35.5. The Labute approximate surface area is 209 Å². The van der Waals surface area contributed by atoms with Gasteiger partial charge >= 0.3 is 12.0 Å². The van der Waals surface area contributed by atoms with Crippen molar-refractivity contribution < 1.29 is 19.7 Å². The first kappa shape index (κ1) is 23.8. The molecule has 2 fully saturated rings. The Morgan fingerprint density at radius 2 is 1.91 bits per heavy atom. The fourth-order valence-corrected chi connectivity index (χ4v) is 5.23. The van der Waals surface area contributed by atoms with Crippen LogP contribution in [0.4, 0.5) is 0 Å². The van der Waals surface area contributed by atoms with Crippen LogP contribution < -0.4 is 4.74 Å². The molecule has 8 heteroatoms. The molecule has 0 bridgehead atoms. The Bertz CT molecular complexity index is 1280. The van der Waals surface area contributed by atoms with Crippen molar-refractivity contribution in [2.24, 2.45) is 11.3 Å². The van der Waals surface area contributed by atoms with Crippen LogP contribution in [-0.4, -0.2) is 37.7 Å². The fourth-order valence-electron chi connectivity index (χ4n) is 4.97. The van der Waals surface area contributed by atoms with Gasteiger partial charge in [0.15, 0.2) is 5.65 Å². The summed E-state index contributed by atoms with van der Waals surface area (Å²) in [4.78, 5) is 23.8. The van der Waals surface area contributed by atoms with Crippen LogP contribution in [0.3, 0.4) is 0 Å². The molecule has 2 aliphatic rings. The van der Waals surface area contributed by atoms with Gasteiger partial charge in [0.25, 0.3) is 0 Å². The smallest absolute Gasteiger partial charge is 0.309 e. The number of aliphatic hydroxyl groups is 1. The zero-order valence-corrected chi connectivity index (χ0v) is 20.7. The summed E-state index contributed by atoms with van der Waals surface area (Å²) in [6.45, 7) is 3.78. The number of ether oxygens (including phenoxy) is 1. The van der Waals surface area contributed by atoms with Crippen LogP contribution in [0.1, 0.15) is 57.9 Å². The van der Waals surface area contributed by atoms with Gasteiger partial charge in [0.2, 0.25) is 0 Å². The van der Waals surface area contributed by atoms with Crippen LogP contribution in [0.15, 0.2) is 42.2 Å². The number of halogens is 1. The molecule has 0 saturated heterocycles. The molecule has 0 radical (unpaired) electrons. The van der Waals surface area contributed by atoms with E-state index in [1.165, 1.54) is 0 Å². The zero-order chi connectivity index (χ0) is 24.8. The Morgan fingerprint density at radius 3 is 2.51 bits per heavy atom. The molecule has 0 spiro atoms. The lowest BCUT2D eigenvalue weighted by atomic mass is 9.70. The normalized spacial score (nSPS) is 19.5. The number of hydrogen-bond acceptors (Lipinski definition) is 5. The number of carboxylic acids is 1. The zero-order valence-electron chi connectivity index (χ0n) is 20.0. The molecule has 184 valence electrons. The van der Waals surface area contributed by atoms with Crippen molar-refractivity contribution in [3.05, 3.63) is 52.8 Å². The van der Waals surface area contributed by atoms with Crippen molar-refractivity contribution in [3.8, 4) is 17.3 Å². The van der Waals surface area contributed by atoms with E-state index >= 15 is 0 Å². The van der Waals surface area contributed by atoms with E-state index in [4.69, 9.17) is 16.3 Å². The van der Waals surface area contributed by atoms with E-state index in [1.54, 1.807) is 26.2 Å². The molecule has 0 unspecified atom stereocenters. The molecule has 0 aliphatic heterocycles. The molecule has 5 rings (SSSR count). The van der Waals surface area contributed by atoms with Crippen molar-refractivity contribution >= 4 is 28.7 Å². The third-order valence-corrected chi connectivity index (χ3v) is 8.16. The maximum Gasteiger partial charge on any atom is 0.309 e. The van der Waals surface area contributed by atoms with Crippen molar-refractivity contribution in [3.63, 3.8) is 0 Å². The van der Waals surface area contributed by atoms with E-state index in [0.717, 1.165) is 55.2 Å². The first-order chi connectivity index (χ1) is 16.7. The Balaban J connectivity index is 1.29. The lowest BCUT2D eigenvalue weighted by molar-refractivity contribution is -0.150. The maximum absolute atomic E-state index is 11.5. The standard InChI is InChI=1S/C27H30ClN3O4/c1-26(2,24(33)34)18-7-3-16(4-8-18)14-35-25-29-21-13-20(28)22(30-23(21)31-25)17-5-9-19(10-6-17)27(15-32)11-12-27/h5-6,9-10,13-14,18,32H,3-4,7-8,11-12,15H2,1-2H3,(H,33,34)(H,29,30,31). The average molecular weight is 496 g/mol. The number of hydrogen-bond donors (Lipinski definition) is 3. The van der Waals surface area contributed by atoms with Gasteiger partial charge in [0.1, 0.15) is 0 Å². The van der Waals surface area contributed by atoms with E-state index in [0.29, 0.717) is 27.9 Å². The van der Waals surface area contributed by atoms with Gasteiger partial charge in [-0.25, -0.2) is 4.98 Å². The van der Waals surface area contributed by atoms with Crippen LogP contribution in [0, 0.1) is 11.3 Å². The van der Waals surface area contributed by atoms with Gasteiger partial charge in [-0.3, -0.25) is 4.79 Å². The van der Waals surface area contributed by atoms with E-state index in [1.807, 2.05) is 24.3 Å². The quantitative estimate of drug-likeness (QED) is 0.354. The summed E-state index contributed by atoms with van der Waals surface area (Å²) in [7, 11) is 0. The molecule has 2 aromatic heterocycles. The number of rotatable bonds is 7. The monoisotopic (exact) mass is 495 g/mol. The molecule has 3 aromatic rings. The third kappa shape index (κ3) is 4.55. The maximum atomic E-state index is 11.5. The van der Waals surface area contributed by atoms with E-state index < -0.39 is 11.4 Å². The van der Waals surface area contributed by atoms with Crippen LogP contribution in [0.2, 0.25) is 5.02 Å². The predicted octanol–water partition coefficient (Wildman–Crippen LogP) is 5.87. The molecule has 3 N–H and O–H groups in total. The van der Waals surface area contributed by atoms with Gasteiger partial charge in [-0.2, -0.15) is 4.98 Å². The largest absolute Gasteiger partial charge is 0.481 e. The van der Waals surface area contributed by atoms with E-state index in [2.05, 4.69) is 15.0 Å². The summed E-state index contributed by atoms with van der Waals surface area (Å²) in [5, 5.41) is 19.7. The molecule has 0 amide bonds. The molecule has 35 heavy (non-hydrogen) atoms. The van der Waals surface area contributed by atoms with Gasteiger partial charge in [0.05, 0.1) is 34.5 Å². The highest BCUT2D eigenvalue weighted by Crippen LogP contribution is 2.48. The van der Waals surface area contributed by atoms with Crippen molar-refractivity contribution in [1.29, 1.82) is 0 Å². The summed E-state index contributed by atoms with van der Waals surface area (Å²) < 4.78 is 5.80. The van der Waals surface area contributed by atoms with Crippen molar-refractivity contribution in [2.75, 3.05) is 6.61 Å². The molecule has 7 nitrogen and oxygen atoms in total. The van der Waals surface area contributed by atoms with Crippen LogP contribution in [0.5, 0.6) is 6.01 Å². The average Bonchev–Trinajstić information content (AvgIpc) is 3.56. The van der Waals surface area contributed by atoms with Gasteiger partial charge in [-0.05, 0) is 75.5 Å². The molecular weight excluding hydrogens is 466 g/mol. The lowest BCUT2D eigenvalue weighted by Crippen LogP contribution is -2.34. The number of nitrogens with one attached hydrogen (secondary N) is 1. The summed E-state index contributed by atoms with van der Waals surface area (Å²) >= 11 is 6.54. The number of allylic oxidation sites excluding steroid dienone is 1. The summed E-state index contributed by atoms with van der Waals surface area (Å²) in [5.41, 5.74) is 4.24. The van der Waals surface area contributed by atoms with Gasteiger partial charge in [0, 0.05) is 11.0 Å². The number of carboxylic acid groups (broad SMARTS) is 1. The van der Waals surface area contributed by atoms with E-state index in [9.17, 15) is 15.0 Å². The number of aromatic amines is 1. The minimum absolute atomic E-state index is 0.0750. The predicted molar refractivity (Wildman–Crippen MR) is 134 cm³/mol. The Morgan fingerprint density at radius 1 is 1.23 bits per heavy atom. The second-order valence-electron chi connectivity index (χ2n) is 10.4. The minimum atomic E-state index is -0.744. The van der Waals surface area contributed by atoms with Crippen LogP contribution in [0.25, 0.3) is 22.4 Å². The van der Waals surface area contributed by atoms with Gasteiger partial charge < -0.3 is 19.9 Å². The summed E-state index contributed by atoms with van der Waals surface area (Å²) in [6, 6.07) is 10.2. The molecule has 2 aliphatic carbocycles. The number of H-pyrrole nitrogens is 1. The molecule has 2 heterocycles. The van der Waals surface area contributed by atoms with Gasteiger partial charge in [-0.1, -0.05) is 35.9 Å². The first-order valence-electron chi connectivity index (χ1n) is 12.1. The highest BCUT2D eigenvalue weighted by molar-refractivity contribution is 6.33. The molecule has 1 aromatic carbocycles.